The van der Waals surface area contributed by atoms with E-state index < -0.39 is 0 Å². The van der Waals surface area contributed by atoms with Crippen LogP contribution in [-0.2, 0) is 17.1 Å². The van der Waals surface area contributed by atoms with Crippen LogP contribution in [0.4, 0.5) is 0 Å². The molecule has 1 amide bonds. The molecular formula is C16H15Cl2NOS. The highest BCUT2D eigenvalue weighted by Crippen LogP contribution is 2.20. The smallest absolute Gasteiger partial charge is 0.230 e. The van der Waals surface area contributed by atoms with Gasteiger partial charge in [0.2, 0.25) is 5.91 Å². The molecule has 0 heterocycles. The van der Waals surface area contributed by atoms with Gasteiger partial charge in [0.15, 0.2) is 0 Å². The Morgan fingerprint density at radius 1 is 1.10 bits per heavy atom. The predicted molar refractivity (Wildman–Crippen MR) is 90.9 cm³/mol. The monoisotopic (exact) mass is 339 g/mol. The van der Waals surface area contributed by atoms with Crippen molar-refractivity contribution in [2.45, 2.75) is 12.3 Å². The maximum Gasteiger partial charge on any atom is 0.230 e. The van der Waals surface area contributed by atoms with Crippen molar-refractivity contribution in [3.8, 4) is 0 Å². The highest BCUT2D eigenvalue weighted by Gasteiger charge is 2.05. The minimum absolute atomic E-state index is 0.00180. The Bertz CT molecular complexity index is 604. The molecule has 2 nitrogen and oxygen atoms in total. The van der Waals surface area contributed by atoms with Crippen LogP contribution in [0, 0.1) is 0 Å². The van der Waals surface area contributed by atoms with E-state index in [2.05, 4.69) is 17.4 Å². The topological polar surface area (TPSA) is 29.1 Å². The third kappa shape index (κ3) is 5.62. The number of halogens is 2. The van der Waals surface area contributed by atoms with Crippen molar-refractivity contribution in [3.05, 3.63) is 69.7 Å². The summed E-state index contributed by atoms with van der Waals surface area (Å²) < 4.78 is 0. The average Bonchev–Trinajstić information content (AvgIpc) is 2.47. The first-order valence-electron chi connectivity index (χ1n) is 6.47. The second kappa shape index (κ2) is 8.32. The number of carbonyl (C=O) groups excluding carboxylic acids is 1. The molecule has 2 aromatic carbocycles. The summed E-state index contributed by atoms with van der Waals surface area (Å²) in [6.45, 7) is 0.417. The molecule has 0 aliphatic rings. The number of carbonyl (C=O) groups is 1. The summed E-state index contributed by atoms with van der Waals surface area (Å²) in [6.07, 6.45) is 0. The molecule has 0 aliphatic carbocycles. The second-order valence-corrected chi connectivity index (χ2v) is 6.32. The van der Waals surface area contributed by atoms with Gasteiger partial charge in [-0.05, 0) is 23.3 Å². The summed E-state index contributed by atoms with van der Waals surface area (Å²) in [4.78, 5) is 11.8. The predicted octanol–water partition coefficient (Wildman–Crippen LogP) is 4.54. The second-order valence-electron chi connectivity index (χ2n) is 4.49. The molecule has 5 heteroatoms. The molecular weight excluding hydrogens is 325 g/mol. The van der Waals surface area contributed by atoms with Crippen LogP contribution in [0.1, 0.15) is 11.1 Å². The van der Waals surface area contributed by atoms with Crippen LogP contribution in [0.15, 0.2) is 48.5 Å². The van der Waals surface area contributed by atoms with Crippen LogP contribution in [0.5, 0.6) is 0 Å². The molecule has 110 valence electrons. The maximum atomic E-state index is 11.8. The van der Waals surface area contributed by atoms with Crippen molar-refractivity contribution in [1.82, 2.24) is 5.32 Å². The molecule has 0 unspecified atom stereocenters. The van der Waals surface area contributed by atoms with Gasteiger partial charge in [0.1, 0.15) is 0 Å². The Balaban J connectivity index is 1.72. The molecule has 0 aliphatic heterocycles. The van der Waals surface area contributed by atoms with Crippen molar-refractivity contribution in [3.63, 3.8) is 0 Å². The molecule has 0 saturated carbocycles. The molecule has 0 aromatic heterocycles. The van der Waals surface area contributed by atoms with E-state index in [1.54, 1.807) is 23.9 Å². The van der Waals surface area contributed by atoms with E-state index in [0.29, 0.717) is 22.3 Å². The zero-order valence-corrected chi connectivity index (χ0v) is 13.6. The molecule has 2 aromatic rings. The van der Waals surface area contributed by atoms with Gasteiger partial charge in [-0.25, -0.2) is 0 Å². The van der Waals surface area contributed by atoms with Gasteiger partial charge < -0.3 is 5.32 Å². The van der Waals surface area contributed by atoms with E-state index in [4.69, 9.17) is 23.2 Å². The number of amides is 1. The molecule has 0 saturated heterocycles. The lowest BCUT2D eigenvalue weighted by molar-refractivity contribution is -0.118. The average molecular weight is 340 g/mol. The van der Waals surface area contributed by atoms with Crippen LogP contribution < -0.4 is 5.32 Å². The highest BCUT2D eigenvalue weighted by molar-refractivity contribution is 7.99. The fraction of sp³-hybridized carbons (Fsp3) is 0.188. The van der Waals surface area contributed by atoms with E-state index in [1.165, 1.54) is 5.56 Å². The summed E-state index contributed by atoms with van der Waals surface area (Å²) in [5.74, 6) is 1.26. The Morgan fingerprint density at radius 3 is 2.57 bits per heavy atom. The van der Waals surface area contributed by atoms with Gasteiger partial charge in [-0.2, -0.15) is 0 Å². The van der Waals surface area contributed by atoms with Gasteiger partial charge in [-0.1, -0.05) is 59.6 Å². The van der Waals surface area contributed by atoms with E-state index in [9.17, 15) is 4.79 Å². The van der Waals surface area contributed by atoms with Crippen LogP contribution in [0.25, 0.3) is 0 Å². The SMILES string of the molecule is O=C(CSCc1ccccc1)NCc1ccc(Cl)cc1Cl. The summed E-state index contributed by atoms with van der Waals surface area (Å²) >= 11 is 13.5. The van der Waals surface area contributed by atoms with E-state index in [0.717, 1.165) is 11.3 Å². The minimum atomic E-state index is 0.00180. The van der Waals surface area contributed by atoms with Crippen LogP contribution in [0.3, 0.4) is 0 Å². The molecule has 21 heavy (non-hydrogen) atoms. The normalized spacial score (nSPS) is 10.4. The quantitative estimate of drug-likeness (QED) is 0.836. The van der Waals surface area contributed by atoms with Crippen LogP contribution in [-0.4, -0.2) is 11.7 Å². The Kier molecular flexibility index (Phi) is 6.43. The highest BCUT2D eigenvalue weighted by atomic mass is 35.5. The molecule has 0 bridgehead atoms. The number of thioether (sulfide) groups is 1. The van der Waals surface area contributed by atoms with Gasteiger partial charge >= 0.3 is 0 Å². The van der Waals surface area contributed by atoms with Crippen molar-refractivity contribution in [2.24, 2.45) is 0 Å². The lowest BCUT2D eigenvalue weighted by atomic mass is 10.2. The van der Waals surface area contributed by atoms with E-state index >= 15 is 0 Å². The van der Waals surface area contributed by atoms with Crippen molar-refractivity contribution in [1.29, 1.82) is 0 Å². The summed E-state index contributed by atoms with van der Waals surface area (Å²) in [5, 5.41) is 4.02. The molecule has 0 fully saturated rings. The number of hydrogen-bond donors (Lipinski definition) is 1. The number of rotatable bonds is 6. The third-order valence-electron chi connectivity index (χ3n) is 2.84. The Morgan fingerprint density at radius 2 is 1.86 bits per heavy atom. The lowest BCUT2D eigenvalue weighted by Gasteiger charge is -2.07. The van der Waals surface area contributed by atoms with Crippen molar-refractivity contribution < 1.29 is 4.79 Å². The fourth-order valence-electron chi connectivity index (χ4n) is 1.75. The Labute approximate surface area is 138 Å². The summed E-state index contributed by atoms with van der Waals surface area (Å²) in [7, 11) is 0. The first kappa shape index (κ1) is 16.2. The molecule has 2 rings (SSSR count). The maximum absolute atomic E-state index is 11.8. The molecule has 0 spiro atoms. The third-order valence-corrected chi connectivity index (χ3v) is 4.43. The summed E-state index contributed by atoms with van der Waals surface area (Å²) in [5.41, 5.74) is 2.08. The van der Waals surface area contributed by atoms with Gasteiger partial charge in [-0.15, -0.1) is 11.8 Å². The van der Waals surface area contributed by atoms with Gasteiger partial charge in [0.25, 0.3) is 0 Å². The van der Waals surface area contributed by atoms with E-state index in [1.807, 2.05) is 24.3 Å². The van der Waals surface area contributed by atoms with Crippen molar-refractivity contribution >= 4 is 40.9 Å². The standard InChI is InChI=1S/C16H15Cl2NOS/c17-14-7-6-13(15(18)8-14)9-19-16(20)11-21-10-12-4-2-1-3-5-12/h1-8H,9-11H2,(H,19,20). The minimum Gasteiger partial charge on any atom is -0.351 e. The number of nitrogens with one attached hydrogen (secondary N) is 1. The van der Waals surface area contributed by atoms with Crippen LogP contribution >= 0.6 is 35.0 Å². The van der Waals surface area contributed by atoms with Crippen LogP contribution in [0.2, 0.25) is 10.0 Å². The number of benzene rings is 2. The molecule has 1 N–H and O–H groups in total. The largest absolute Gasteiger partial charge is 0.351 e. The fourth-order valence-corrected chi connectivity index (χ4v) is 3.04. The number of hydrogen-bond acceptors (Lipinski definition) is 2. The first-order chi connectivity index (χ1) is 10.1. The molecule has 0 radical (unpaired) electrons. The zero-order valence-electron chi connectivity index (χ0n) is 11.3. The first-order valence-corrected chi connectivity index (χ1v) is 8.38. The zero-order chi connectivity index (χ0) is 15.1. The van der Waals surface area contributed by atoms with Gasteiger partial charge in [0.05, 0.1) is 5.75 Å². The summed E-state index contributed by atoms with van der Waals surface area (Å²) in [6, 6.07) is 15.3. The van der Waals surface area contributed by atoms with Crippen molar-refractivity contribution in [2.75, 3.05) is 5.75 Å². The Hall–Kier alpha value is -1.16. The lowest BCUT2D eigenvalue weighted by Crippen LogP contribution is -2.24. The molecule has 0 atom stereocenters. The van der Waals surface area contributed by atoms with E-state index in [-0.39, 0.29) is 5.91 Å². The van der Waals surface area contributed by atoms with Gasteiger partial charge in [0, 0.05) is 22.3 Å². The van der Waals surface area contributed by atoms with Gasteiger partial charge in [-0.3, -0.25) is 4.79 Å².